The first kappa shape index (κ1) is 29.0. The second kappa shape index (κ2) is 11.7. The maximum absolute atomic E-state index is 13.8. The number of hydrogen-bond donors (Lipinski definition) is 0. The van der Waals surface area contributed by atoms with Gasteiger partial charge in [-0.1, -0.05) is 23.7 Å². The smallest absolute Gasteiger partial charge is 0.416 e. The third-order valence-electron chi connectivity index (χ3n) is 7.99. The number of aromatic nitrogens is 3. The average molecular weight is 642 g/mol. The van der Waals surface area contributed by atoms with Gasteiger partial charge < -0.3 is 18.8 Å². The molecule has 1 saturated heterocycles. The third-order valence-corrected chi connectivity index (χ3v) is 9.39. The highest BCUT2D eigenvalue weighted by molar-refractivity contribution is 7.18. The highest BCUT2D eigenvalue weighted by Crippen LogP contribution is 2.41. The Morgan fingerprint density at radius 1 is 1.11 bits per heavy atom. The zero-order chi connectivity index (χ0) is 30.4. The van der Waals surface area contributed by atoms with Crippen molar-refractivity contribution in [3.63, 3.8) is 0 Å². The second-order valence-electron chi connectivity index (χ2n) is 10.8. The normalized spacial score (nSPS) is 17.7. The Morgan fingerprint density at radius 3 is 2.73 bits per heavy atom. The Balaban J connectivity index is 1.17. The number of hydrogen-bond acceptors (Lipinski definition) is 7. The van der Waals surface area contributed by atoms with Crippen molar-refractivity contribution >= 4 is 44.7 Å². The predicted octanol–water partition coefficient (Wildman–Crippen LogP) is 6.00. The van der Waals surface area contributed by atoms with Gasteiger partial charge in [0.25, 0.3) is 5.91 Å². The Hall–Kier alpha value is -3.71. The van der Waals surface area contributed by atoms with E-state index in [1.165, 1.54) is 17.5 Å². The summed E-state index contributed by atoms with van der Waals surface area (Å²) in [5, 5.41) is 1.33. The number of carbonyl (C=O) groups excluding carboxylic acids is 1. The topological polar surface area (TPSA) is 72.2 Å². The van der Waals surface area contributed by atoms with Gasteiger partial charge in [0.05, 0.1) is 35.2 Å². The van der Waals surface area contributed by atoms with Crippen LogP contribution in [0.3, 0.4) is 0 Å². The van der Waals surface area contributed by atoms with Gasteiger partial charge in [-0.25, -0.2) is 9.97 Å². The van der Waals surface area contributed by atoms with E-state index in [-0.39, 0.29) is 18.2 Å². The van der Waals surface area contributed by atoms with Crippen LogP contribution in [0.4, 0.5) is 13.2 Å². The first-order chi connectivity index (χ1) is 21.2. The van der Waals surface area contributed by atoms with Crippen LogP contribution < -0.4 is 4.74 Å². The molecule has 8 nitrogen and oxygen atoms in total. The van der Waals surface area contributed by atoms with Gasteiger partial charge >= 0.3 is 6.18 Å². The Labute approximate surface area is 259 Å². The van der Waals surface area contributed by atoms with Gasteiger partial charge in [-0.2, -0.15) is 13.2 Å². The highest BCUT2D eigenvalue weighted by atomic mass is 35.5. The summed E-state index contributed by atoms with van der Waals surface area (Å²) in [7, 11) is 0. The lowest BCUT2D eigenvalue weighted by Gasteiger charge is -2.35. The fraction of sp³-hybridized carbons (Fsp3) is 0.323. The van der Waals surface area contributed by atoms with E-state index in [2.05, 4.69) is 14.9 Å². The lowest BCUT2D eigenvalue weighted by molar-refractivity contribution is -0.137. The van der Waals surface area contributed by atoms with Crippen molar-refractivity contribution in [2.45, 2.75) is 25.2 Å². The van der Waals surface area contributed by atoms with Crippen LogP contribution in [0.15, 0.2) is 60.9 Å². The molecule has 5 aromatic rings. The van der Waals surface area contributed by atoms with Crippen molar-refractivity contribution in [3.8, 4) is 5.75 Å². The lowest BCUT2D eigenvalue weighted by Crippen LogP contribution is -2.43. The molecule has 1 fully saturated rings. The number of fused-ring (bicyclic) bond motifs is 4. The number of benzene rings is 1. The minimum Gasteiger partial charge on any atom is -0.482 e. The summed E-state index contributed by atoms with van der Waals surface area (Å²) in [5.41, 5.74) is 1.76. The molecule has 0 radical (unpaired) electrons. The first-order valence-electron chi connectivity index (χ1n) is 14.2. The van der Waals surface area contributed by atoms with Gasteiger partial charge in [0.2, 0.25) is 0 Å². The molecular formula is C31H27ClF3N5O3S. The molecular weight excluding hydrogens is 615 g/mol. The number of imidazole rings is 1. The minimum atomic E-state index is -4.49. The van der Waals surface area contributed by atoms with Crippen LogP contribution >= 0.6 is 22.9 Å². The number of halogens is 4. The minimum absolute atomic E-state index is 0.184. The molecule has 6 heterocycles. The van der Waals surface area contributed by atoms with Crippen molar-refractivity contribution in [2.75, 3.05) is 39.5 Å². The molecule has 1 aromatic carbocycles. The molecule has 0 bridgehead atoms. The number of pyridine rings is 2. The molecule has 0 spiro atoms. The van der Waals surface area contributed by atoms with E-state index >= 15 is 0 Å². The molecule has 2 aliphatic rings. The van der Waals surface area contributed by atoms with Crippen molar-refractivity contribution in [1.82, 2.24) is 24.2 Å². The first-order valence-corrected chi connectivity index (χ1v) is 15.4. The van der Waals surface area contributed by atoms with Crippen LogP contribution in [0, 0.1) is 0 Å². The quantitative estimate of drug-likeness (QED) is 0.227. The molecule has 0 saturated carbocycles. The molecule has 2 aliphatic heterocycles. The largest absolute Gasteiger partial charge is 0.482 e. The summed E-state index contributed by atoms with van der Waals surface area (Å²) in [6, 6.07) is 12.8. The molecule has 1 amide bonds. The van der Waals surface area contributed by atoms with E-state index < -0.39 is 17.8 Å². The molecule has 44 heavy (non-hydrogen) atoms. The fourth-order valence-electron chi connectivity index (χ4n) is 5.85. The van der Waals surface area contributed by atoms with Gasteiger partial charge in [0, 0.05) is 55.3 Å². The van der Waals surface area contributed by atoms with Gasteiger partial charge in [-0.3, -0.25) is 9.69 Å². The number of alkyl halides is 3. The number of rotatable bonds is 6. The van der Waals surface area contributed by atoms with E-state index in [0.717, 1.165) is 52.4 Å². The third kappa shape index (κ3) is 5.63. The standard InChI is InChI=1S/C31H27ClF3N5O3S/c32-22-14-19(17-38-10-12-42-13-11-38)3-4-24(22)43-18-27(41)40-9-6-23-28(29(40)25-15-20-2-1-7-36-30(20)44-25)39-8-5-21(31(33,34)35)16-26(39)37-23/h1-5,7-8,14-16,29H,6,9-13,17-18H2. The van der Waals surface area contributed by atoms with Gasteiger partial charge in [-0.05, 0) is 42.0 Å². The maximum Gasteiger partial charge on any atom is 0.416 e. The van der Waals surface area contributed by atoms with Crippen molar-refractivity contribution in [3.05, 3.63) is 93.3 Å². The van der Waals surface area contributed by atoms with E-state index in [1.807, 2.05) is 30.3 Å². The van der Waals surface area contributed by atoms with Gasteiger partial charge in [-0.15, -0.1) is 11.3 Å². The monoisotopic (exact) mass is 641 g/mol. The van der Waals surface area contributed by atoms with E-state index in [0.29, 0.717) is 48.3 Å². The van der Waals surface area contributed by atoms with Crippen molar-refractivity contribution in [1.29, 1.82) is 0 Å². The fourth-order valence-corrected chi connectivity index (χ4v) is 7.23. The number of carbonyl (C=O) groups is 1. The van der Waals surface area contributed by atoms with Crippen LogP contribution in [-0.2, 0) is 28.7 Å². The summed E-state index contributed by atoms with van der Waals surface area (Å²) in [5.74, 6) is 0.127. The molecule has 4 aromatic heterocycles. The highest BCUT2D eigenvalue weighted by Gasteiger charge is 2.38. The van der Waals surface area contributed by atoms with Crippen LogP contribution in [0.25, 0.3) is 15.9 Å². The van der Waals surface area contributed by atoms with E-state index in [1.54, 1.807) is 21.6 Å². The number of amides is 1. The van der Waals surface area contributed by atoms with Crippen LogP contribution in [0.2, 0.25) is 5.02 Å². The summed E-state index contributed by atoms with van der Waals surface area (Å²) in [4.78, 5) is 28.5. The number of ether oxygens (including phenoxy) is 2. The van der Waals surface area contributed by atoms with Gasteiger partial charge in [0.1, 0.15) is 22.3 Å². The zero-order valence-electron chi connectivity index (χ0n) is 23.4. The molecule has 0 aliphatic carbocycles. The maximum atomic E-state index is 13.8. The van der Waals surface area contributed by atoms with E-state index in [9.17, 15) is 18.0 Å². The van der Waals surface area contributed by atoms with Crippen LogP contribution in [0.1, 0.15) is 33.4 Å². The van der Waals surface area contributed by atoms with Crippen molar-refractivity contribution < 1.29 is 27.4 Å². The van der Waals surface area contributed by atoms with E-state index in [4.69, 9.17) is 21.1 Å². The SMILES string of the molecule is O=C(COc1ccc(CN2CCOCC2)cc1Cl)N1CCc2nc3cc(C(F)(F)F)ccn3c2C1c1cc2cccnc2s1. The number of thiophene rings is 1. The Bertz CT molecular complexity index is 1820. The molecule has 13 heteroatoms. The number of morpholine rings is 1. The van der Waals surface area contributed by atoms with Crippen LogP contribution in [-0.4, -0.2) is 69.5 Å². The second-order valence-corrected chi connectivity index (χ2v) is 12.3. The summed E-state index contributed by atoms with van der Waals surface area (Å²) in [6.45, 7) is 3.93. The predicted molar refractivity (Wildman–Crippen MR) is 160 cm³/mol. The Kier molecular flexibility index (Phi) is 7.69. The lowest BCUT2D eigenvalue weighted by atomic mass is 10.0. The molecule has 7 rings (SSSR count). The van der Waals surface area contributed by atoms with Crippen LogP contribution in [0.5, 0.6) is 5.75 Å². The van der Waals surface area contributed by atoms with Crippen molar-refractivity contribution in [2.24, 2.45) is 0 Å². The molecule has 1 atom stereocenters. The molecule has 228 valence electrons. The summed E-state index contributed by atoms with van der Waals surface area (Å²) in [6.07, 6.45) is -1.02. The van der Waals surface area contributed by atoms with Gasteiger partial charge in [0.15, 0.2) is 6.61 Å². The Morgan fingerprint density at radius 2 is 1.95 bits per heavy atom. The zero-order valence-corrected chi connectivity index (χ0v) is 25.0. The summed E-state index contributed by atoms with van der Waals surface area (Å²) >= 11 is 8.00. The average Bonchev–Trinajstić information content (AvgIpc) is 3.61. The number of nitrogens with zero attached hydrogens (tertiary/aromatic N) is 5. The molecule has 1 unspecified atom stereocenters. The summed E-state index contributed by atoms with van der Waals surface area (Å²) < 4.78 is 53.5. The molecule has 0 N–H and O–H groups in total.